The molecular formula is C21H30N8O3S. The van der Waals surface area contributed by atoms with E-state index in [9.17, 15) is 9.00 Å². The van der Waals surface area contributed by atoms with Crippen LogP contribution in [0.2, 0.25) is 0 Å². The third kappa shape index (κ3) is 5.27. The Morgan fingerprint density at radius 3 is 2.85 bits per heavy atom. The van der Waals surface area contributed by atoms with Crippen molar-refractivity contribution in [1.29, 1.82) is 4.78 Å². The minimum absolute atomic E-state index is 0.0436. The summed E-state index contributed by atoms with van der Waals surface area (Å²) >= 11 is 0. The number of nitrogens with zero attached hydrogens (tertiary/aromatic N) is 4. The van der Waals surface area contributed by atoms with Gasteiger partial charge in [-0.1, -0.05) is 0 Å². The Hall–Kier alpha value is -3.15. The Morgan fingerprint density at radius 2 is 2.12 bits per heavy atom. The van der Waals surface area contributed by atoms with Crippen LogP contribution < -0.4 is 10.6 Å². The van der Waals surface area contributed by atoms with Gasteiger partial charge in [-0.25, -0.2) is 18.5 Å². The Bertz CT molecular complexity index is 1250. The highest BCUT2D eigenvalue weighted by Crippen LogP contribution is 2.36. The van der Waals surface area contributed by atoms with Gasteiger partial charge >= 0.3 is 6.09 Å². The maximum absolute atomic E-state index is 12.1. The molecule has 0 aliphatic heterocycles. The molecule has 4 N–H and O–H groups in total. The van der Waals surface area contributed by atoms with Gasteiger partial charge in [-0.05, 0) is 46.1 Å². The molecule has 3 aromatic rings. The fourth-order valence-electron chi connectivity index (χ4n) is 3.95. The number of aromatic amines is 1. The number of aromatic nitrogens is 5. The smallest absolute Gasteiger partial charge is 0.407 e. The van der Waals surface area contributed by atoms with E-state index in [2.05, 4.69) is 30.9 Å². The van der Waals surface area contributed by atoms with Gasteiger partial charge in [0.1, 0.15) is 11.6 Å². The first kappa shape index (κ1) is 23.0. The van der Waals surface area contributed by atoms with Gasteiger partial charge in [0.2, 0.25) is 0 Å². The van der Waals surface area contributed by atoms with Crippen molar-refractivity contribution in [2.45, 2.75) is 63.3 Å². The molecule has 4 rings (SSSR count). The second-order valence-electron chi connectivity index (χ2n) is 8.89. The quantitative estimate of drug-likeness (QED) is 0.407. The zero-order valence-electron chi connectivity index (χ0n) is 19.2. The first-order valence-corrected chi connectivity index (χ1v) is 13.0. The number of anilines is 2. The molecule has 4 unspecified atom stereocenters. The highest BCUT2D eigenvalue weighted by atomic mass is 32.2. The van der Waals surface area contributed by atoms with Gasteiger partial charge in [0.05, 0.1) is 10.9 Å². The van der Waals surface area contributed by atoms with Crippen LogP contribution in [0.4, 0.5) is 16.4 Å². The summed E-state index contributed by atoms with van der Waals surface area (Å²) < 4.78 is 27.2. The molecule has 1 fully saturated rings. The van der Waals surface area contributed by atoms with E-state index in [4.69, 9.17) is 9.52 Å². The Kier molecular flexibility index (Phi) is 6.28. The lowest BCUT2D eigenvalue weighted by molar-refractivity contribution is 0.0981. The predicted molar refractivity (Wildman–Crippen MR) is 125 cm³/mol. The number of rotatable bonds is 7. The van der Waals surface area contributed by atoms with E-state index < -0.39 is 15.0 Å². The van der Waals surface area contributed by atoms with Crippen LogP contribution in [-0.2, 0) is 14.5 Å². The molecule has 4 atom stereocenters. The average molecular weight is 475 g/mol. The van der Waals surface area contributed by atoms with E-state index in [0.29, 0.717) is 22.8 Å². The lowest BCUT2D eigenvalue weighted by Gasteiger charge is -2.14. The Balaban J connectivity index is 1.45. The molecule has 0 saturated heterocycles. The first-order chi connectivity index (χ1) is 15.6. The zero-order chi connectivity index (χ0) is 23.8. The Labute approximate surface area is 192 Å². The summed E-state index contributed by atoms with van der Waals surface area (Å²) in [4.78, 5) is 16.3. The number of carbonyl (C=O) groups is 1. The van der Waals surface area contributed by atoms with Crippen molar-refractivity contribution in [3.63, 3.8) is 0 Å². The molecule has 0 radical (unpaired) electrons. The normalized spacial score (nSPS) is 21.1. The SMILES string of the molecule is CC(C)NC(=O)OC1CCC(c2cc(Nc3nccn4nc(C(C)S(C)(=N)=O)cc34)n[nH]2)C1. The number of nitrogens with one attached hydrogen (secondary N) is 4. The maximum atomic E-state index is 12.1. The van der Waals surface area contributed by atoms with Crippen molar-refractivity contribution >= 4 is 33.0 Å². The molecule has 0 aromatic carbocycles. The number of amides is 1. The van der Waals surface area contributed by atoms with E-state index in [1.165, 1.54) is 6.26 Å². The van der Waals surface area contributed by atoms with Gasteiger partial charge in [-0.2, -0.15) is 10.2 Å². The molecule has 1 amide bonds. The second-order valence-corrected chi connectivity index (χ2v) is 11.4. The minimum atomic E-state index is -2.77. The summed E-state index contributed by atoms with van der Waals surface area (Å²) in [6, 6.07) is 3.78. The van der Waals surface area contributed by atoms with Gasteiger partial charge in [-0.15, -0.1) is 0 Å². The summed E-state index contributed by atoms with van der Waals surface area (Å²) in [5.74, 6) is 1.40. The van der Waals surface area contributed by atoms with Crippen LogP contribution in [0.15, 0.2) is 24.5 Å². The second kappa shape index (κ2) is 9.00. The van der Waals surface area contributed by atoms with E-state index in [-0.39, 0.29) is 24.2 Å². The van der Waals surface area contributed by atoms with Crippen LogP contribution in [0.1, 0.15) is 62.6 Å². The third-order valence-corrected chi connectivity index (χ3v) is 7.44. The van der Waals surface area contributed by atoms with Crippen molar-refractivity contribution in [3.8, 4) is 0 Å². The minimum Gasteiger partial charge on any atom is -0.446 e. The molecule has 1 aliphatic rings. The van der Waals surface area contributed by atoms with E-state index in [1.807, 2.05) is 19.9 Å². The standard InChI is InChI=1S/C21H30N8O3S/c1-12(2)24-21(30)32-15-6-5-14(9-15)17-11-19(27-26-17)25-20-18-10-16(13(3)33(4,22)31)28-29(18)8-7-23-20/h7-8,10-15,22H,5-6,9H2,1-4H3,(H,24,30)(H2,23,25,26,27). The van der Waals surface area contributed by atoms with Crippen molar-refractivity contribution < 1.29 is 13.7 Å². The monoisotopic (exact) mass is 474 g/mol. The molecule has 1 saturated carbocycles. The number of hydrogen-bond acceptors (Lipinski definition) is 8. The van der Waals surface area contributed by atoms with Crippen LogP contribution in [0.25, 0.3) is 5.52 Å². The summed E-state index contributed by atoms with van der Waals surface area (Å²) in [7, 11) is -2.77. The van der Waals surface area contributed by atoms with Gasteiger partial charge in [0.25, 0.3) is 0 Å². The Morgan fingerprint density at radius 1 is 1.33 bits per heavy atom. The number of ether oxygens (including phenoxy) is 1. The van der Waals surface area contributed by atoms with Crippen LogP contribution >= 0.6 is 0 Å². The molecule has 11 nitrogen and oxygen atoms in total. The number of fused-ring (bicyclic) bond motifs is 1. The number of carbonyl (C=O) groups excluding carboxylic acids is 1. The fraction of sp³-hybridized carbons (Fsp3) is 0.524. The van der Waals surface area contributed by atoms with Crippen molar-refractivity contribution in [2.24, 2.45) is 0 Å². The molecule has 3 aromatic heterocycles. The molecule has 3 heterocycles. The van der Waals surface area contributed by atoms with Gasteiger partial charge < -0.3 is 15.4 Å². The van der Waals surface area contributed by atoms with Crippen LogP contribution in [0, 0.1) is 4.78 Å². The maximum Gasteiger partial charge on any atom is 0.407 e. The van der Waals surface area contributed by atoms with Crippen LogP contribution in [0.5, 0.6) is 0 Å². The molecular weight excluding hydrogens is 444 g/mol. The summed E-state index contributed by atoms with van der Waals surface area (Å²) in [5, 5.41) is 17.4. The highest BCUT2D eigenvalue weighted by Gasteiger charge is 2.30. The topological polar surface area (TPSA) is 150 Å². The van der Waals surface area contributed by atoms with Crippen molar-refractivity contribution in [3.05, 3.63) is 35.9 Å². The molecule has 33 heavy (non-hydrogen) atoms. The average Bonchev–Trinajstić information content (AvgIpc) is 3.45. The lowest BCUT2D eigenvalue weighted by Crippen LogP contribution is -2.33. The van der Waals surface area contributed by atoms with Crippen LogP contribution in [-0.4, -0.2) is 53.5 Å². The molecule has 0 spiro atoms. The number of hydrogen-bond donors (Lipinski definition) is 4. The molecule has 12 heteroatoms. The van der Waals surface area contributed by atoms with Gasteiger partial charge in [0.15, 0.2) is 11.6 Å². The van der Waals surface area contributed by atoms with E-state index in [0.717, 1.165) is 25.0 Å². The highest BCUT2D eigenvalue weighted by molar-refractivity contribution is 7.91. The fourth-order valence-corrected chi connectivity index (χ4v) is 4.52. The molecule has 178 valence electrons. The summed E-state index contributed by atoms with van der Waals surface area (Å²) in [6.45, 7) is 5.54. The molecule has 1 aliphatic carbocycles. The third-order valence-electron chi connectivity index (χ3n) is 5.85. The van der Waals surface area contributed by atoms with E-state index in [1.54, 1.807) is 29.9 Å². The van der Waals surface area contributed by atoms with Crippen molar-refractivity contribution in [2.75, 3.05) is 11.6 Å². The zero-order valence-corrected chi connectivity index (χ0v) is 20.0. The van der Waals surface area contributed by atoms with Gasteiger partial charge in [-0.3, -0.25) is 9.88 Å². The van der Waals surface area contributed by atoms with Gasteiger partial charge in [0, 0.05) is 52.1 Å². The first-order valence-electron chi connectivity index (χ1n) is 11.0. The number of H-pyrrole nitrogens is 1. The van der Waals surface area contributed by atoms with E-state index >= 15 is 0 Å². The summed E-state index contributed by atoms with van der Waals surface area (Å²) in [6.07, 6.45) is 6.72. The molecule has 0 bridgehead atoms. The predicted octanol–water partition coefficient (Wildman–Crippen LogP) is 3.70. The van der Waals surface area contributed by atoms with Crippen molar-refractivity contribution in [1.82, 2.24) is 30.1 Å². The van der Waals surface area contributed by atoms with Crippen LogP contribution in [0.3, 0.4) is 0 Å². The lowest BCUT2D eigenvalue weighted by atomic mass is 10.0. The summed E-state index contributed by atoms with van der Waals surface area (Å²) in [5.41, 5.74) is 2.26. The number of alkyl carbamates (subject to hydrolysis) is 1. The largest absolute Gasteiger partial charge is 0.446 e.